The standard InChI is InChI=1S/C16H21NO2/c1-16(2,3)19-15(18)14-10-7-9-13(12-14)8-5-6-11-17-4/h7,9-10,12,17H,6,11H2,1-4H3. The third-order valence-corrected chi connectivity index (χ3v) is 2.23. The predicted molar refractivity (Wildman–Crippen MR) is 77.0 cm³/mol. The summed E-state index contributed by atoms with van der Waals surface area (Å²) in [6.07, 6.45) is 0.785. The van der Waals surface area contributed by atoms with Gasteiger partial charge in [-0.25, -0.2) is 4.79 Å². The first-order valence-corrected chi connectivity index (χ1v) is 6.39. The Balaban J connectivity index is 2.76. The number of carbonyl (C=O) groups excluding carboxylic acids is 1. The van der Waals surface area contributed by atoms with Gasteiger partial charge < -0.3 is 10.1 Å². The van der Waals surface area contributed by atoms with E-state index < -0.39 is 5.60 Å². The topological polar surface area (TPSA) is 38.3 Å². The molecule has 1 rings (SSSR count). The van der Waals surface area contributed by atoms with Gasteiger partial charge in [0.2, 0.25) is 0 Å². The summed E-state index contributed by atoms with van der Waals surface area (Å²) in [5.41, 5.74) is 0.890. The highest BCUT2D eigenvalue weighted by molar-refractivity contribution is 5.90. The van der Waals surface area contributed by atoms with Crippen LogP contribution < -0.4 is 5.32 Å². The fraction of sp³-hybridized carbons (Fsp3) is 0.438. The number of hydrogen-bond donors (Lipinski definition) is 1. The third kappa shape index (κ3) is 6.08. The largest absolute Gasteiger partial charge is 0.456 e. The van der Waals surface area contributed by atoms with Crippen LogP contribution in [-0.2, 0) is 4.74 Å². The second-order valence-corrected chi connectivity index (χ2v) is 5.24. The lowest BCUT2D eigenvalue weighted by Gasteiger charge is -2.19. The van der Waals surface area contributed by atoms with Gasteiger partial charge in [0.15, 0.2) is 0 Å². The van der Waals surface area contributed by atoms with E-state index >= 15 is 0 Å². The fourth-order valence-corrected chi connectivity index (χ4v) is 1.41. The van der Waals surface area contributed by atoms with Crippen LogP contribution in [0.5, 0.6) is 0 Å². The molecule has 0 fully saturated rings. The van der Waals surface area contributed by atoms with Crippen molar-refractivity contribution in [1.82, 2.24) is 5.32 Å². The number of hydrogen-bond acceptors (Lipinski definition) is 3. The van der Waals surface area contributed by atoms with Crippen LogP contribution >= 0.6 is 0 Å². The number of ether oxygens (including phenoxy) is 1. The minimum absolute atomic E-state index is 0.314. The highest BCUT2D eigenvalue weighted by Gasteiger charge is 2.17. The molecular weight excluding hydrogens is 238 g/mol. The molecule has 0 heterocycles. The molecule has 0 aliphatic rings. The van der Waals surface area contributed by atoms with Crippen molar-refractivity contribution in [2.24, 2.45) is 0 Å². The third-order valence-electron chi connectivity index (χ3n) is 2.23. The van der Waals surface area contributed by atoms with Crippen molar-refractivity contribution in [2.45, 2.75) is 32.8 Å². The number of carbonyl (C=O) groups is 1. The normalized spacial score (nSPS) is 10.5. The molecule has 0 aliphatic heterocycles. The van der Waals surface area contributed by atoms with E-state index in [9.17, 15) is 4.79 Å². The SMILES string of the molecule is CNCCC#Cc1cccc(C(=O)OC(C)(C)C)c1. The molecule has 0 saturated carbocycles. The van der Waals surface area contributed by atoms with E-state index in [1.807, 2.05) is 40.0 Å². The summed E-state index contributed by atoms with van der Waals surface area (Å²) in [6, 6.07) is 7.22. The van der Waals surface area contributed by atoms with Crippen LogP contribution in [0.1, 0.15) is 43.1 Å². The maximum absolute atomic E-state index is 11.9. The van der Waals surface area contributed by atoms with Crippen molar-refractivity contribution in [3.05, 3.63) is 35.4 Å². The maximum atomic E-state index is 11.9. The molecule has 1 aromatic carbocycles. The van der Waals surface area contributed by atoms with Crippen molar-refractivity contribution >= 4 is 5.97 Å². The van der Waals surface area contributed by atoms with E-state index in [-0.39, 0.29) is 5.97 Å². The summed E-state index contributed by atoms with van der Waals surface area (Å²) in [5.74, 6) is 5.78. The molecule has 1 aromatic rings. The van der Waals surface area contributed by atoms with Crippen LogP contribution in [0.2, 0.25) is 0 Å². The lowest BCUT2D eigenvalue weighted by atomic mass is 10.1. The average Bonchev–Trinajstić information content (AvgIpc) is 2.33. The molecule has 0 unspecified atom stereocenters. The summed E-state index contributed by atoms with van der Waals surface area (Å²) in [7, 11) is 1.89. The second kappa shape index (κ2) is 6.96. The molecule has 0 aromatic heterocycles. The summed E-state index contributed by atoms with van der Waals surface area (Å²) in [5, 5.41) is 3.03. The fourth-order valence-electron chi connectivity index (χ4n) is 1.41. The highest BCUT2D eigenvalue weighted by Crippen LogP contribution is 2.13. The van der Waals surface area contributed by atoms with E-state index in [4.69, 9.17) is 4.74 Å². The summed E-state index contributed by atoms with van der Waals surface area (Å²) in [4.78, 5) is 11.9. The molecular formula is C16H21NO2. The first kappa shape index (κ1) is 15.3. The molecule has 102 valence electrons. The molecule has 0 spiro atoms. The van der Waals surface area contributed by atoms with Crippen molar-refractivity contribution < 1.29 is 9.53 Å². The highest BCUT2D eigenvalue weighted by atomic mass is 16.6. The van der Waals surface area contributed by atoms with Gasteiger partial charge in [-0.05, 0) is 46.0 Å². The van der Waals surface area contributed by atoms with Crippen LogP contribution in [-0.4, -0.2) is 25.2 Å². The Hall–Kier alpha value is -1.79. The zero-order chi connectivity index (χ0) is 14.3. The number of rotatable bonds is 3. The van der Waals surface area contributed by atoms with Gasteiger partial charge in [-0.3, -0.25) is 0 Å². The van der Waals surface area contributed by atoms with Gasteiger partial charge in [-0.2, -0.15) is 0 Å². The Morgan fingerprint density at radius 1 is 1.37 bits per heavy atom. The van der Waals surface area contributed by atoms with Gasteiger partial charge in [0.1, 0.15) is 5.60 Å². The molecule has 0 radical (unpaired) electrons. The van der Waals surface area contributed by atoms with Crippen LogP contribution in [0, 0.1) is 11.8 Å². The molecule has 0 saturated heterocycles. The van der Waals surface area contributed by atoms with Crippen LogP contribution in [0.25, 0.3) is 0 Å². The van der Waals surface area contributed by atoms with Gasteiger partial charge in [0.05, 0.1) is 5.56 Å². The smallest absolute Gasteiger partial charge is 0.338 e. The van der Waals surface area contributed by atoms with E-state index in [1.165, 1.54) is 0 Å². The maximum Gasteiger partial charge on any atom is 0.338 e. The quantitative estimate of drug-likeness (QED) is 0.515. The lowest BCUT2D eigenvalue weighted by Crippen LogP contribution is -2.23. The van der Waals surface area contributed by atoms with E-state index in [0.717, 1.165) is 18.5 Å². The van der Waals surface area contributed by atoms with Gasteiger partial charge in [0.25, 0.3) is 0 Å². The van der Waals surface area contributed by atoms with E-state index in [0.29, 0.717) is 5.56 Å². The minimum atomic E-state index is -0.481. The van der Waals surface area contributed by atoms with Gasteiger partial charge in [0, 0.05) is 18.5 Å². The van der Waals surface area contributed by atoms with Crippen LogP contribution in [0.4, 0.5) is 0 Å². The summed E-state index contributed by atoms with van der Waals surface area (Å²) >= 11 is 0. The molecule has 0 amide bonds. The zero-order valence-electron chi connectivity index (χ0n) is 12.0. The Bertz CT molecular complexity index is 489. The Morgan fingerprint density at radius 3 is 2.74 bits per heavy atom. The van der Waals surface area contributed by atoms with Crippen molar-refractivity contribution in [2.75, 3.05) is 13.6 Å². The average molecular weight is 259 g/mol. The Morgan fingerprint density at radius 2 is 2.11 bits per heavy atom. The number of esters is 1. The van der Waals surface area contributed by atoms with Crippen LogP contribution in [0.3, 0.4) is 0 Å². The molecule has 3 nitrogen and oxygen atoms in total. The van der Waals surface area contributed by atoms with Gasteiger partial charge >= 0.3 is 5.97 Å². The predicted octanol–water partition coefficient (Wildman–Crippen LogP) is 2.60. The van der Waals surface area contributed by atoms with E-state index in [2.05, 4.69) is 17.2 Å². The lowest BCUT2D eigenvalue weighted by molar-refractivity contribution is 0.00695. The molecule has 19 heavy (non-hydrogen) atoms. The monoisotopic (exact) mass is 259 g/mol. The van der Waals surface area contributed by atoms with Gasteiger partial charge in [-0.1, -0.05) is 17.9 Å². The molecule has 1 N–H and O–H groups in total. The first-order valence-electron chi connectivity index (χ1n) is 6.39. The van der Waals surface area contributed by atoms with Crippen molar-refractivity contribution in [3.63, 3.8) is 0 Å². The molecule has 3 heteroatoms. The summed E-state index contributed by atoms with van der Waals surface area (Å²) in [6.45, 7) is 6.42. The number of nitrogens with one attached hydrogen (secondary N) is 1. The van der Waals surface area contributed by atoms with Gasteiger partial charge in [-0.15, -0.1) is 0 Å². The second-order valence-electron chi connectivity index (χ2n) is 5.24. The molecule has 0 aliphatic carbocycles. The number of benzene rings is 1. The molecule has 0 atom stereocenters. The van der Waals surface area contributed by atoms with Crippen molar-refractivity contribution in [3.8, 4) is 11.8 Å². The first-order chi connectivity index (χ1) is 8.92. The van der Waals surface area contributed by atoms with Crippen LogP contribution in [0.15, 0.2) is 24.3 Å². The Kier molecular flexibility index (Phi) is 5.59. The zero-order valence-corrected chi connectivity index (χ0v) is 12.0. The minimum Gasteiger partial charge on any atom is -0.456 e. The summed E-state index contributed by atoms with van der Waals surface area (Å²) < 4.78 is 5.32. The Labute approximate surface area is 115 Å². The molecule has 0 bridgehead atoms. The van der Waals surface area contributed by atoms with Crippen molar-refractivity contribution in [1.29, 1.82) is 0 Å². The van der Waals surface area contributed by atoms with E-state index in [1.54, 1.807) is 12.1 Å².